The van der Waals surface area contributed by atoms with E-state index in [-0.39, 0.29) is 23.6 Å². The van der Waals surface area contributed by atoms with Gasteiger partial charge in [-0.05, 0) is 30.5 Å². The van der Waals surface area contributed by atoms with Crippen LogP contribution in [0.5, 0.6) is 5.75 Å². The first-order valence-corrected chi connectivity index (χ1v) is 6.32. The summed E-state index contributed by atoms with van der Waals surface area (Å²) in [7, 11) is 0. The van der Waals surface area contributed by atoms with Crippen LogP contribution in [-0.4, -0.2) is 17.7 Å². The number of phenolic OH excluding ortho intramolecular Hbond substituents is 1. The van der Waals surface area contributed by atoms with Crippen molar-refractivity contribution in [1.82, 2.24) is 0 Å². The topological polar surface area (TPSA) is 46.5 Å². The molecule has 1 aromatic carbocycles. The zero-order chi connectivity index (χ0) is 14.5. The second kappa shape index (κ2) is 6.29. The number of benzene rings is 1. The van der Waals surface area contributed by atoms with Crippen LogP contribution in [-0.2, 0) is 14.9 Å². The highest BCUT2D eigenvalue weighted by Crippen LogP contribution is 2.30. The van der Waals surface area contributed by atoms with Crippen molar-refractivity contribution in [2.75, 3.05) is 6.61 Å². The molecule has 1 aromatic rings. The van der Waals surface area contributed by atoms with E-state index in [0.29, 0.717) is 6.61 Å². The molecule has 1 N–H and O–H groups in total. The van der Waals surface area contributed by atoms with Crippen LogP contribution in [0.3, 0.4) is 0 Å². The zero-order valence-corrected chi connectivity index (χ0v) is 11.9. The zero-order valence-electron chi connectivity index (χ0n) is 11.9. The minimum absolute atomic E-state index is 0.0829. The normalized spacial score (nSPS) is 10.5. The molecule has 3 nitrogen and oxygen atoms in total. The summed E-state index contributed by atoms with van der Waals surface area (Å²) in [5.74, 6) is 5.64. The highest BCUT2D eigenvalue weighted by Gasteiger charge is 2.17. The molecule has 0 saturated carbocycles. The standard InChI is InChI=1S/C16H20O3/c1-5-19-15(18)8-6-7-12-9-10-14(17)13(11-12)16(2,3)4/h9-11,17H,5,8H2,1-4H3. The fourth-order valence-corrected chi connectivity index (χ4v) is 1.64. The van der Waals surface area contributed by atoms with Gasteiger partial charge in [-0.15, -0.1) is 0 Å². The third-order valence-corrected chi connectivity index (χ3v) is 2.58. The Hall–Kier alpha value is -1.95. The number of hydrogen-bond acceptors (Lipinski definition) is 3. The van der Waals surface area contributed by atoms with Crippen molar-refractivity contribution in [3.8, 4) is 17.6 Å². The Kier molecular flexibility index (Phi) is 5.00. The number of esters is 1. The molecule has 0 bridgehead atoms. The van der Waals surface area contributed by atoms with E-state index in [2.05, 4.69) is 11.8 Å². The van der Waals surface area contributed by atoms with Gasteiger partial charge in [0, 0.05) is 11.1 Å². The molecular formula is C16H20O3. The number of aromatic hydroxyl groups is 1. The Bertz CT molecular complexity index is 513. The van der Waals surface area contributed by atoms with E-state index < -0.39 is 0 Å². The maximum Gasteiger partial charge on any atom is 0.317 e. The van der Waals surface area contributed by atoms with Gasteiger partial charge in [0.1, 0.15) is 12.2 Å². The number of carbonyl (C=O) groups excluding carboxylic acids is 1. The number of rotatable bonds is 2. The first-order valence-electron chi connectivity index (χ1n) is 6.32. The molecule has 0 aliphatic heterocycles. The van der Waals surface area contributed by atoms with Crippen molar-refractivity contribution in [3.63, 3.8) is 0 Å². The van der Waals surface area contributed by atoms with Crippen LogP contribution < -0.4 is 0 Å². The van der Waals surface area contributed by atoms with Gasteiger partial charge in [-0.25, -0.2) is 0 Å². The highest BCUT2D eigenvalue weighted by molar-refractivity contribution is 5.72. The van der Waals surface area contributed by atoms with E-state index in [0.717, 1.165) is 11.1 Å². The lowest BCUT2D eigenvalue weighted by Crippen LogP contribution is -2.11. The summed E-state index contributed by atoms with van der Waals surface area (Å²) in [5, 5.41) is 9.83. The third kappa shape index (κ3) is 4.67. The van der Waals surface area contributed by atoms with Crippen LogP contribution in [0.2, 0.25) is 0 Å². The average molecular weight is 260 g/mol. The van der Waals surface area contributed by atoms with Gasteiger partial charge < -0.3 is 9.84 Å². The van der Waals surface area contributed by atoms with Crippen LogP contribution in [0, 0.1) is 11.8 Å². The van der Waals surface area contributed by atoms with Gasteiger partial charge in [0.15, 0.2) is 0 Å². The van der Waals surface area contributed by atoms with Crippen LogP contribution in [0.25, 0.3) is 0 Å². The molecule has 0 saturated heterocycles. The molecule has 19 heavy (non-hydrogen) atoms. The number of hydrogen-bond donors (Lipinski definition) is 1. The van der Waals surface area contributed by atoms with Gasteiger partial charge in [-0.3, -0.25) is 4.79 Å². The summed E-state index contributed by atoms with van der Waals surface area (Å²) in [5.41, 5.74) is 1.48. The summed E-state index contributed by atoms with van der Waals surface area (Å²) in [4.78, 5) is 11.1. The van der Waals surface area contributed by atoms with Crippen molar-refractivity contribution in [2.45, 2.75) is 39.5 Å². The first kappa shape index (κ1) is 15.1. The molecular weight excluding hydrogens is 240 g/mol. The quantitative estimate of drug-likeness (QED) is 0.657. The molecule has 1 rings (SSSR count). The van der Waals surface area contributed by atoms with Crippen molar-refractivity contribution < 1.29 is 14.6 Å². The van der Waals surface area contributed by atoms with Crippen LogP contribution in [0.15, 0.2) is 18.2 Å². The summed E-state index contributed by atoms with van der Waals surface area (Å²) >= 11 is 0. The predicted molar refractivity (Wildman–Crippen MR) is 74.9 cm³/mol. The molecule has 102 valence electrons. The fraction of sp³-hybridized carbons (Fsp3) is 0.438. The van der Waals surface area contributed by atoms with E-state index >= 15 is 0 Å². The van der Waals surface area contributed by atoms with E-state index in [1.54, 1.807) is 19.1 Å². The van der Waals surface area contributed by atoms with Crippen molar-refractivity contribution in [2.24, 2.45) is 0 Å². The molecule has 0 unspecified atom stereocenters. The van der Waals surface area contributed by atoms with Gasteiger partial charge in [0.05, 0.1) is 6.61 Å². The van der Waals surface area contributed by atoms with E-state index in [1.807, 2.05) is 26.8 Å². The fourth-order valence-electron chi connectivity index (χ4n) is 1.64. The molecule has 3 heteroatoms. The molecule has 0 aliphatic rings. The Labute approximate surface area is 114 Å². The van der Waals surface area contributed by atoms with E-state index in [1.165, 1.54) is 0 Å². The summed E-state index contributed by atoms with van der Waals surface area (Å²) in [6.07, 6.45) is 0.0829. The third-order valence-electron chi connectivity index (χ3n) is 2.58. The van der Waals surface area contributed by atoms with Crippen LogP contribution >= 0.6 is 0 Å². The Morgan fingerprint density at radius 2 is 2.05 bits per heavy atom. The van der Waals surface area contributed by atoms with Crippen molar-refractivity contribution >= 4 is 5.97 Å². The molecule has 0 radical (unpaired) electrons. The van der Waals surface area contributed by atoms with Gasteiger partial charge in [-0.1, -0.05) is 32.6 Å². The summed E-state index contributed by atoms with van der Waals surface area (Å²) in [6.45, 7) is 8.21. The second-order valence-corrected chi connectivity index (χ2v) is 5.27. The van der Waals surface area contributed by atoms with Gasteiger partial charge >= 0.3 is 5.97 Å². The number of phenols is 1. The minimum Gasteiger partial charge on any atom is -0.508 e. The van der Waals surface area contributed by atoms with Crippen molar-refractivity contribution in [3.05, 3.63) is 29.3 Å². The molecule has 0 heterocycles. The lowest BCUT2D eigenvalue weighted by Gasteiger charge is -2.20. The molecule has 0 atom stereocenters. The second-order valence-electron chi connectivity index (χ2n) is 5.27. The number of ether oxygens (including phenoxy) is 1. The Morgan fingerprint density at radius 1 is 1.37 bits per heavy atom. The van der Waals surface area contributed by atoms with Crippen molar-refractivity contribution in [1.29, 1.82) is 0 Å². The Balaban J connectivity index is 2.87. The van der Waals surface area contributed by atoms with Crippen LogP contribution in [0.4, 0.5) is 0 Å². The maximum absolute atomic E-state index is 11.1. The van der Waals surface area contributed by atoms with Gasteiger partial charge in [-0.2, -0.15) is 0 Å². The highest BCUT2D eigenvalue weighted by atomic mass is 16.5. The van der Waals surface area contributed by atoms with Crippen LogP contribution in [0.1, 0.15) is 45.2 Å². The van der Waals surface area contributed by atoms with E-state index in [4.69, 9.17) is 4.74 Å². The number of carbonyl (C=O) groups is 1. The average Bonchev–Trinajstić information content (AvgIpc) is 2.30. The lowest BCUT2D eigenvalue weighted by molar-refractivity contribution is -0.141. The molecule has 0 amide bonds. The monoisotopic (exact) mass is 260 g/mol. The van der Waals surface area contributed by atoms with Gasteiger partial charge in [0.2, 0.25) is 0 Å². The Morgan fingerprint density at radius 3 is 2.63 bits per heavy atom. The molecule has 0 fully saturated rings. The van der Waals surface area contributed by atoms with E-state index in [9.17, 15) is 9.90 Å². The summed E-state index contributed by atoms with van der Waals surface area (Å²) < 4.78 is 4.80. The van der Waals surface area contributed by atoms with Gasteiger partial charge in [0.25, 0.3) is 0 Å². The maximum atomic E-state index is 11.1. The smallest absolute Gasteiger partial charge is 0.317 e. The summed E-state index contributed by atoms with van der Waals surface area (Å²) in [6, 6.07) is 5.23. The minimum atomic E-state index is -0.315. The SMILES string of the molecule is CCOC(=O)CC#Cc1ccc(O)c(C(C)(C)C)c1. The molecule has 0 spiro atoms. The lowest BCUT2D eigenvalue weighted by atomic mass is 9.85. The molecule has 0 aliphatic carbocycles. The largest absolute Gasteiger partial charge is 0.508 e. The first-order chi connectivity index (χ1) is 8.84. The molecule has 0 aromatic heterocycles. The predicted octanol–water partition coefficient (Wildman–Crippen LogP) is 2.99.